The van der Waals surface area contributed by atoms with Gasteiger partial charge < -0.3 is 21.5 Å². The standard InChI is InChI=1S/C11H14F3N3O2/c12-11(13,14)6-17(4-5-18)8-3-1-2-7(9(8)15)10(16)19/h1-3,18H,4-6,15H2,(H2,16,19). The van der Waals surface area contributed by atoms with Crippen molar-refractivity contribution >= 4 is 17.3 Å². The first-order chi connectivity index (χ1) is 8.76. The number of carbonyl (C=O) groups excluding carboxylic acids is 1. The molecule has 0 spiro atoms. The Bertz CT molecular complexity index is 463. The molecule has 106 valence electrons. The van der Waals surface area contributed by atoms with Crippen LogP contribution < -0.4 is 16.4 Å². The lowest BCUT2D eigenvalue weighted by atomic mass is 10.1. The molecule has 0 heterocycles. The third-order valence-electron chi connectivity index (χ3n) is 2.43. The van der Waals surface area contributed by atoms with Gasteiger partial charge in [0.25, 0.3) is 5.91 Å². The highest BCUT2D eigenvalue weighted by atomic mass is 19.4. The molecule has 0 radical (unpaired) electrons. The van der Waals surface area contributed by atoms with Crippen molar-refractivity contribution < 1.29 is 23.1 Å². The molecule has 0 aliphatic rings. The van der Waals surface area contributed by atoms with Crippen molar-refractivity contribution in [3.63, 3.8) is 0 Å². The number of alkyl halides is 3. The number of carbonyl (C=O) groups is 1. The van der Waals surface area contributed by atoms with E-state index in [9.17, 15) is 18.0 Å². The number of para-hydroxylation sites is 1. The van der Waals surface area contributed by atoms with Gasteiger partial charge in [-0.3, -0.25) is 4.79 Å². The second-order valence-electron chi connectivity index (χ2n) is 3.86. The van der Waals surface area contributed by atoms with E-state index in [2.05, 4.69) is 0 Å². The summed E-state index contributed by atoms with van der Waals surface area (Å²) in [6.07, 6.45) is -4.45. The molecule has 0 aliphatic carbocycles. The predicted molar refractivity (Wildman–Crippen MR) is 64.7 cm³/mol. The molecule has 0 aliphatic heterocycles. The van der Waals surface area contributed by atoms with Gasteiger partial charge in [-0.1, -0.05) is 6.07 Å². The molecule has 0 fully saturated rings. The number of aliphatic hydroxyl groups is 1. The Labute approximate surface area is 107 Å². The normalized spacial score (nSPS) is 11.4. The molecule has 0 bridgehead atoms. The second-order valence-corrected chi connectivity index (χ2v) is 3.86. The molecule has 5 nitrogen and oxygen atoms in total. The lowest BCUT2D eigenvalue weighted by Crippen LogP contribution is -2.37. The molecular formula is C11H14F3N3O2. The number of primary amides is 1. The molecular weight excluding hydrogens is 263 g/mol. The number of hydrogen-bond acceptors (Lipinski definition) is 4. The molecule has 8 heteroatoms. The first-order valence-corrected chi connectivity index (χ1v) is 5.37. The summed E-state index contributed by atoms with van der Waals surface area (Å²) in [5, 5.41) is 8.82. The van der Waals surface area contributed by atoms with Crippen molar-refractivity contribution in [1.29, 1.82) is 0 Å². The third kappa shape index (κ3) is 4.02. The van der Waals surface area contributed by atoms with E-state index < -0.39 is 25.2 Å². The molecule has 1 amide bonds. The van der Waals surface area contributed by atoms with Crippen LogP contribution in [0.15, 0.2) is 18.2 Å². The maximum Gasteiger partial charge on any atom is 0.405 e. The SMILES string of the molecule is NC(=O)c1cccc(N(CCO)CC(F)(F)F)c1N. The molecule has 0 aromatic heterocycles. The van der Waals surface area contributed by atoms with Gasteiger partial charge in [0.15, 0.2) is 0 Å². The first kappa shape index (κ1) is 15.1. The van der Waals surface area contributed by atoms with Crippen LogP contribution in [0, 0.1) is 0 Å². The van der Waals surface area contributed by atoms with Crippen LogP contribution in [-0.2, 0) is 0 Å². The molecule has 1 aromatic carbocycles. The van der Waals surface area contributed by atoms with Crippen LogP contribution in [0.2, 0.25) is 0 Å². The molecule has 0 saturated carbocycles. The zero-order chi connectivity index (χ0) is 14.6. The van der Waals surface area contributed by atoms with Crippen molar-refractivity contribution in [2.45, 2.75) is 6.18 Å². The number of anilines is 2. The van der Waals surface area contributed by atoms with Crippen molar-refractivity contribution in [2.24, 2.45) is 5.73 Å². The highest BCUT2D eigenvalue weighted by Crippen LogP contribution is 2.29. The number of nitrogens with two attached hydrogens (primary N) is 2. The lowest BCUT2D eigenvalue weighted by molar-refractivity contribution is -0.119. The predicted octanol–water partition coefficient (Wildman–Crippen LogP) is 0.729. The van der Waals surface area contributed by atoms with Crippen molar-refractivity contribution in [3.05, 3.63) is 23.8 Å². The van der Waals surface area contributed by atoms with Gasteiger partial charge >= 0.3 is 6.18 Å². The number of rotatable bonds is 5. The Morgan fingerprint density at radius 2 is 2.00 bits per heavy atom. The summed E-state index contributed by atoms with van der Waals surface area (Å²) >= 11 is 0. The Hall–Kier alpha value is -1.96. The van der Waals surface area contributed by atoms with Crippen molar-refractivity contribution in [1.82, 2.24) is 0 Å². The van der Waals surface area contributed by atoms with E-state index in [1.54, 1.807) is 0 Å². The molecule has 1 aromatic rings. The van der Waals surface area contributed by atoms with Gasteiger partial charge in [-0.05, 0) is 12.1 Å². The topological polar surface area (TPSA) is 92.6 Å². The fraction of sp³-hybridized carbons (Fsp3) is 0.364. The van der Waals surface area contributed by atoms with E-state index in [1.165, 1.54) is 18.2 Å². The first-order valence-electron chi connectivity index (χ1n) is 5.37. The fourth-order valence-corrected chi connectivity index (χ4v) is 1.67. The Kier molecular flexibility index (Phi) is 4.60. The van der Waals surface area contributed by atoms with E-state index in [-0.39, 0.29) is 23.5 Å². The quantitative estimate of drug-likeness (QED) is 0.692. The minimum Gasteiger partial charge on any atom is -0.396 e. The fourth-order valence-electron chi connectivity index (χ4n) is 1.67. The third-order valence-corrected chi connectivity index (χ3v) is 2.43. The molecule has 19 heavy (non-hydrogen) atoms. The number of hydrogen-bond donors (Lipinski definition) is 3. The maximum absolute atomic E-state index is 12.4. The summed E-state index contributed by atoms with van der Waals surface area (Å²) < 4.78 is 37.3. The Morgan fingerprint density at radius 1 is 1.37 bits per heavy atom. The number of aliphatic hydroxyl groups excluding tert-OH is 1. The van der Waals surface area contributed by atoms with E-state index in [1.807, 2.05) is 0 Å². The highest BCUT2D eigenvalue weighted by Gasteiger charge is 2.31. The number of nitrogens with zero attached hydrogens (tertiary/aromatic N) is 1. The van der Waals surface area contributed by atoms with Crippen molar-refractivity contribution in [2.75, 3.05) is 30.3 Å². The maximum atomic E-state index is 12.4. The summed E-state index contributed by atoms with van der Waals surface area (Å²) in [5.41, 5.74) is 10.6. The molecule has 0 saturated heterocycles. The average Bonchev–Trinajstić information content (AvgIpc) is 2.26. The minimum atomic E-state index is -4.45. The Balaban J connectivity index is 3.16. The summed E-state index contributed by atoms with van der Waals surface area (Å²) in [6.45, 7) is -2.01. The number of halogens is 3. The van der Waals surface area contributed by atoms with Gasteiger partial charge in [-0.25, -0.2) is 0 Å². The molecule has 0 unspecified atom stereocenters. The van der Waals surface area contributed by atoms with E-state index in [4.69, 9.17) is 16.6 Å². The molecule has 5 N–H and O–H groups in total. The van der Waals surface area contributed by atoms with Crippen LogP contribution in [0.5, 0.6) is 0 Å². The number of nitrogen functional groups attached to an aromatic ring is 1. The van der Waals surface area contributed by atoms with Crippen LogP contribution in [0.1, 0.15) is 10.4 Å². The minimum absolute atomic E-state index is 0.0164. The summed E-state index contributed by atoms with van der Waals surface area (Å²) in [5.74, 6) is -0.824. The number of benzene rings is 1. The van der Waals surface area contributed by atoms with Crippen LogP contribution in [0.3, 0.4) is 0 Å². The summed E-state index contributed by atoms with van der Waals surface area (Å²) in [7, 11) is 0. The lowest BCUT2D eigenvalue weighted by Gasteiger charge is -2.26. The highest BCUT2D eigenvalue weighted by molar-refractivity contribution is 6.00. The van der Waals surface area contributed by atoms with Gasteiger partial charge in [-0.15, -0.1) is 0 Å². The largest absolute Gasteiger partial charge is 0.405 e. The summed E-state index contributed by atoms with van der Waals surface area (Å²) in [6, 6.07) is 4.04. The Morgan fingerprint density at radius 3 is 2.47 bits per heavy atom. The number of amides is 1. The monoisotopic (exact) mass is 277 g/mol. The van der Waals surface area contributed by atoms with E-state index >= 15 is 0 Å². The van der Waals surface area contributed by atoms with Gasteiger partial charge in [0.1, 0.15) is 6.54 Å². The van der Waals surface area contributed by atoms with Crippen LogP contribution in [0.4, 0.5) is 24.5 Å². The van der Waals surface area contributed by atoms with Gasteiger partial charge in [0.2, 0.25) is 0 Å². The average molecular weight is 277 g/mol. The van der Waals surface area contributed by atoms with Gasteiger partial charge in [-0.2, -0.15) is 13.2 Å². The second kappa shape index (κ2) is 5.79. The van der Waals surface area contributed by atoms with E-state index in [0.717, 1.165) is 4.90 Å². The van der Waals surface area contributed by atoms with Crippen molar-refractivity contribution in [3.8, 4) is 0 Å². The van der Waals surface area contributed by atoms with Crippen LogP contribution in [-0.4, -0.2) is 36.9 Å². The van der Waals surface area contributed by atoms with Crippen LogP contribution in [0.25, 0.3) is 0 Å². The smallest absolute Gasteiger partial charge is 0.396 e. The molecule has 0 atom stereocenters. The zero-order valence-corrected chi connectivity index (χ0v) is 9.94. The zero-order valence-electron chi connectivity index (χ0n) is 9.94. The summed E-state index contributed by atoms with van der Waals surface area (Å²) in [4.78, 5) is 11.9. The molecule has 1 rings (SSSR count). The van der Waals surface area contributed by atoms with Gasteiger partial charge in [0, 0.05) is 6.54 Å². The van der Waals surface area contributed by atoms with Gasteiger partial charge in [0.05, 0.1) is 23.5 Å². The van der Waals surface area contributed by atoms with Crippen LogP contribution >= 0.6 is 0 Å². The van der Waals surface area contributed by atoms with E-state index in [0.29, 0.717) is 0 Å².